The van der Waals surface area contributed by atoms with E-state index in [-0.39, 0.29) is 5.41 Å². The quantitative estimate of drug-likeness (QED) is 0.719. The average molecular weight is 281 g/mol. The Balaban J connectivity index is 2.25. The minimum Gasteiger partial charge on any atom is -0.343 e. The molecule has 1 fully saturated rings. The topological polar surface area (TPSA) is 20.3 Å². The molecule has 1 heterocycles. The van der Waals surface area contributed by atoms with Gasteiger partial charge in [-0.15, -0.1) is 0 Å². The van der Waals surface area contributed by atoms with Crippen LogP contribution in [-0.2, 0) is 4.79 Å². The number of piperidine rings is 1. The Hall–Kier alpha value is -0.530. The van der Waals surface area contributed by atoms with Crippen molar-refractivity contribution in [3.63, 3.8) is 0 Å². The molecule has 1 amide bonds. The van der Waals surface area contributed by atoms with E-state index in [2.05, 4.69) is 46.4 Å². The third-order valence-corrected chi connectivity index (χ3v) is 4.19. The molecule has 0 aromatic rings. The molecule has 1 saturated heterocycles. The number of amides is 1. The second-order valence-electron chi connectivity index (χ2n) is 9.01. The van der Waals surface area contributed by atoms with Gasteiger partial charge in [0.2, 0.25) is 5.91 Å². The molecule has 0 N–H and O–H groups in total. The third kappa shape index (κ3) is 7.31. The van der Waals surface area contributed by atoms with Gasteiger partial charge in [-0.25, -0.2) is 0 Å². The van der Waals surface area contributed by atoms with Crippen LogP contribution in [0.1, 0.15) is 80.1 Å². The Bertz CT molecular complexity index is 300. The number of nitrogens with zero attached hydrogens (tertiary/aromatic N) is 1. The summed E-state index contributed by atoms with van der Waals surface area (Å²) in [6.45, 7) is 15.4. The highest BCUT2D eigenvalue weighted by molar-refractivity contribution is 5.76. The predicted octanol–water partition coefficient (Wildman–Crippen LogP) is 4.88. The fourth-order valence-corrected chi connectivity index (χ4v) is 2.96. The zero-order chi connectivity index (χ0) is 15.4. The van der Waals surface area contributed by atoms with E-state index < -0.39 is 0 Å². The van der Waals surface area contributed by atoms with Crippen LogP contribution in [-0.4, -0.2) is 23.9 Å². The lowest BCUT2D eigenvalue weighted by atomic mass is 9.85. The van der Waals surface area contributed by atoms with E-state index in [1.807, 2.05) is 0 Å². The zero-order valence-corrected chi connectivity index (χ0v) is 14.6. The van der Waals surface area contributed by atoms with Crippen LogP contribution >= 0.6 is 0 Å². The van der Waals surface area contributed by atoms with Crippen molar-refractivity contribution < 1.29 is 4.79 Å². The third-order valence-electron chi connectivity index (χ3n) is 4.19. The lowest BCUT2D eigenvalue weighted by Gasteiger charge is -2.34. The largest absolute Gasteiger partial charge is 0.343 e. The van der Waals surface area contributed by atoms with Crippen LogP contribution in [0, 0.1) is 16.7 Å². The smallest absolute Gasteiger partial charge is 0.223 e. The Morgan fingerprint density at radius 1 is 1.00 bits per heavy atom. The van der Waals surface area contributed by atoms with Crippen LogP contribution < -0.4 is 0 Å². The number of hydrogen-bond acceptors (Lipinski definition) is 1. The van der Waals surface area contributed by atoms with Gasteiger partial charge in [0.15, 0.2) is 0 Å². The van der Waals surface area contributed by atoms with Crippen LogP contribution in [0.5, 0.6) is 0 Å². The monoisotopic (exact) mass is 281 g/mol. The first-order chi connectivity index (χ1) is 9.07. The number of hydrogen-bond donors (Lipinski definition) is 0. The van der Waals surface area contributed by atoms with E-state index in [4.69, 9.17) is 0 Å². The van der Waals surface area contributed by atoms with Gasteiger partial charge in [0.05, 0.1) is 0 Å². The Labute approximate surface area is 126 Å². The summed E-state index contributed by atoms with van der Waals surface area (Å²) in [6, 6.07) is 0. The molecular formula is C18H35NO. The summed E-state index contributed by atoms with van der Waals surface area (Å²) in [4.78, 5) is 14.3. The van der Waals surface area contributed by atoms with Crippen molar-refractivity contribution >= 4 is 5.91 Å². The predicted molar refractivity (Wildman–Crippen MR) is 86.7 cm³/mol. The van der Waals surface area contributed by atoms with Crippen molar-refractivity contribution in [3.05, 3.63) is 0 Å². The standard InChI is InChI=1S/C18H35NO/c1-17(2,3)11-7-8-15-9-12-19(13-10-15)16(20)14-18(4,5)6/h15H,7-14H2,1-6H3. The van der Waals surface area contributed by atoms with Gasteiger partial charge in [-0.2, -0.15) is 0 Å². The summed E-state index contributed by atoms with van der Waals surface area (Å²) in [7, 11) is 0. The lowest BCUT2D eigenvalue weighted by Crippen LogP contribution is -2.39. The van der Waals surface area contributed by atoms with E-state index in [1.165, 1.54) is 32.1 Å². The van der Waals surface area contributed by atoms with Crippen molar-refractivity contribution in [2.75, 3.05) is 13.1 Å². The maximum Gasteiger partial charge on any atom is 0.223 e. The fourth-order valence-electron chi connectivity index (χ4n) is 2.96. The molecule has 1 aliphatic rings. The molecule has 0 aromatic carbocycles. The molecule has 2 nitrogen and oxygen atoms in total. The number of carbonyl (C=O) groups is 1. The van der Waals surface area contributed by atoms with E-state index >= 15 is 0 Å². The summed E-state index contributed by atoms with van der Waals surface area (Å²) in [5.74, 6) is 1.20. The van der Waals surface area contributed by atoms with Crippen LogP contribution in [0.2, 0.25) is 0 Å². The van der Waals surface area contributed by atoms with Gasteiger partial charge in [0.1, 0.15) is 0 Å². The highest BCUT2D eigenvalue weighted by atomic mass is 16.2. The van der Waals surface area contributed by atoms with Gasteiger partial charge >= 0.3 is 0 Å². The molecule has 1 aliphatic heterocycles. The first kappa shape index (κ1) is 17.5. The van der Waals surface area contributed by atoms with Crippen LogP contribution in [0.25, 0.3) is 0 Å². The van der Waals surface area contributed by atoms with Crippen molar-refractivity contribution in [2.24, 2.45) is 16.7 Å². The summed E-state index contributed by atoms with van der Waals surface area (Å²) < 4.78 is 0. The number of likely N-dealkylation sites (tertiary alicyclic amines) is 1. The summed E-state index contributed by atoms with van der Waals surface area (Å²) in [5.41, 5.74) is 0.573. The minimum atomic E-state index is 0.112. The van der Waals surface area contributed by atoms with Gasteiger partial charge in [-0.1, -0.05) is 54.4 Å². The Morgan fingerprint density at radius 2 is 1.55 bits per heavy atom. The van der Waals surface area contributed by atoms with Crippen molar-refractivity contribution in [1.82, 2.24) is 4.90 Å². The minimum absolute atomic E-state index is 0.112. The summed E-state index contributed by atoms with van der Waals surface area (Å²) in [6.07, 6.45) is 7.10. The molecule has 0 aromatic heterocycles. The van der Waals surface area contributed by atoms with E-state index in [1.54, 1.807) is 0 Å². The maximum atomic E-state index is 12.2. The lowest BCUT2D eigenvalue weighted by molar-refractivity contribution is -0.134. The molecule has 0 aliphatic carbocycles. The van der Waals surface area contributed by atoms with Gasteiger partial charge in [0, 0.05) is 19.5 Å². The molecule has 2 heteroatoms. The molecule has 0 atom stereocenters. The van der Waals surface area contributed by atoms with Crippen molar-refractivity contribution in [1.29, 1.82) is 0 Å². The van der Waals surface area contributed by atoms with Gasteiger partial charge < -0.3 is 4.90 Å². The molecular weight excluding hydrogens is 246 g/mol. The van der Waals surface area contributed by atoms with Crippen LogP contribution in [0.4, 0.5) is 0 Å². The molecule has 0 unspecified atom stereocenters. The average Bonchev–Trinajstić information content (AvgIpc) is 2.25. The highest BCUT2D eigenvalue weighted by Crippen LogP contribution is 2.28. The van der Waals surface area contributed by atoms with Gasteiger partial charge in [-0.05, 0) is 36.0 Å². The summed E-state index contributed by atoms with van der Waals surface area (Å²) >= 11 is 0. The number of rotatable bonds is 4. The fraction of sp³-hybridized carbons (Fsp3) is 0.944. The van der Waals surface area contributed by atoms with E-state index in [9.17, 15) is 4.79 Å². The molecule has 20 heavy (non-hydrogen) atoms. The van der Waals surface area contributed by atoms with E-state index in [0.717, 1.165) is 19.0 Å². The Kier molecular flexibility index (Phi) is 6.09. The molecule has 0 bridgehead atoms. The first-order valence-electron chi connectivity index (χ1n) is 8.35. The normalized spacial score (nSPS) is 18.4. The van der Waals surface area contributed by atoms with Crippen LogP contribution in [0.3, 0.4) is 0 Å². The molecule has 0 spiro atoms. The number of carbonyl (C=O) groups excluding carboxylic acids is 1. The van der Waals surface area contributed by atoms with Gasteiger partial charge in [0.25, 0.3) is 0 Å². The molecule has 0 radical (unpaired) electrons. The first-order valence-corrected chi connectivity index (χ1v) is 8.35. The summed E-state index contributed by atoms with van der Waals surface area (Å²) in [5, 5.41) is 0. The van der Waals surface area contributed by atoms with Crippen LogP contribution in [0.15, 0.2) is 0 Å². The second kappa shape index (κ2) is 6.95. The molecule has 0 saturated carbocycles. The highest BCUT2D eigenvalue weighted by Gasteiger charge is 2.25. The van der Waals surface area contributed by atoms with Crippen molar-refractivity contribution in [2.45, 2.75) is 80.1 Å². The maximum absolute atomic E-state index is 12.2. The second-order valence-corrected chi connectivity index (χ2v) is 9.01. The zero-order valence-electron chi connectivity index (χ0n) is 14.6. The van der Waals surface area contributed by atoms with Gasteiger partial charge in [-0.3, -0.25) is 4.79 Å². The molecule has 118 valence electrons. The Morgan fingerprint density at radius 3 is 2.00 bits per heavy atom. The van der Waals surface area contributed by atoms with E-state index in [0.29, 0.717) is 17.7 Å². The van der Waals surface area contributed by atoms with Crippen molar-refractivity contribution in [3.8, 4) is 0 Å². The SMILES string of the molecule is CC(C)(C)CCCC1CCN(C(=O)CC(C)(C)C)CC1. The molecule has 1 rings (SSSR count).